The second-order valence-electron chi connectivity index (χ2n) is 10.1. The van der Waals surface area contributed by atoms with Gasteiger partial charge in [0.15, 0.2) is 0 Å². The number of benzene rings is 6. The highest BCUT2D eigenvalue weighted by molar-refractivity contribution is 6.07. The third-order valence-corrected chi connectivity index (χ3v) is 7.42. The van der Waals surface area contributed by atoms with Crippen molar-refractivity contribution in [2.45, 2.75) is 40.5 Å². The molecule has 0 bridgehead atoms. The maximum Gasteiger partial charge on any atom is -0.00992 e. The van der Waals surface area contributed by atoms with E-state index in [-0.39, 0.29) is 0 Å². The molecule has 0 fully saturated rings. The van der Waals surface area contributed by atoms with Gasteiger partial charge < -0.3 is 0 Å². The van der Waals surface area contributed by atoms with Gasteiger partial charge in [-0.05, 0) is 73.2 Å². The molecule has 220 valence electrons. The fourth-order valence-electron chi connectivity index (χ4n) is 5.39. The summed E-state index contributed by atoms with van der Waals surface area (Å²) in [4.78, 5) is 0. The van der Waals surface area contributed by atoms with Crippen LogP contribution in [0, 0.1) is 0 Å². The van der Waals surface area contributed by atoms with Crippen molar-refractivity contribution >= 4 is 51.4 Å². The first-order valence-electron chi connectivity index (χ1n) is 16.0. The van der Waals surface area contributed by atoms with Crippen molar-refractivity contribution in [2.24, 2.45) is 0 Å². The van der Waals surface area contributed by atoms with Crippen molar-refractivity contribution in [3.05, 3.63) is 173 Å². The van der Waals surface area contributed by atoms with Crippen LogP contribution < -0.4 is 10.4 Å². The highest BCUT2D eigenvalue weighted by Crippen LogP contribution is 2.30. The summed E-state index contributed by atoms with van der Waals surface area (Å²) in [6.45, 7) is 8.00. The summed E-state index contributed by atoms with van der Waals surface area (Å²) in [6, 6.07) is 49.0. The van der Waals surface area contributed by atoms with Gasteiger partial charge in [0.25, 0.3) is 0 Å². The molecule has 0 saturated heterocycles. The van der Waals surface area contributed by atoms with Crippen LogP contribution in [0.25, 0.3) is 51.4 Å². The average Bonchev–Trinajstić information content (AvgIpc) is 3.12. The van der Waals surface area contributed by atoms with Gasteiger partial charge in [-0.15, -0.1) is 0 Å². The number of hydrogen-bond donors (Lipinski definition) is 0. The van der Waals surface area contributed by atoms with E-state index in [0.29, 0.717) is 0 Å². The minimum atomic E-state index is 1.14. The molecule has 0 heteroatoms. The molecule has 0 nitrogen and oxygen atoms in total. The van der Waals surface area contributed by atoms with Crippen LogP contribution in [-0.4, -0.2) is 0 Å². The zero-order chi connectivity index (χ0) is 31.0. The van der Waals surface area contributed by atoms with Crippen LogP contribution >= 0.6 is 0 Å². The minimum absolute atomic E-state index is 1.14. The highest BCUT2D eigenvalue weighted by Gasteiger charge is 2.04. The second kappa shape index (κ2) is 17.2. The summed E-state index contributed by atoms with van der Waals surface area (Å²) in [5, 5.41) is 7.93. The van der Waals surface area contributed by atoms with Crippen molar-refractivity contribution in [2.75, 3.05) is 0 Å². The van der Waals surface area contributed by atoms with Gasteiger partial charge in [-0.3, -0.25) is 0 Å². The van der Waals surface area contributed by atoms with E-state index in [0.717, 1.165) is 12.8 Å². The summed E-state index contributed by atoms with van der Waals surface area (Å²) < 4.78 is 0. The summed E-state index contributed by atoms with van der Waals surface area (Å²) in [5.74, 6) is 0. The smallest absolute Gasteiger partial charge is 0.00992 e. The van der Waals surface area contributed by atoms with Gasteiger partial charge in [-0.25, -0.2) is 0 Å². The molecular formula is C44H44. The molecule has 6 aromatic rings. The standard InChI is InChI=1S/C22H16.C18H16.2C2H6/c1-2-8-17(9-3-1)14-15-22-20-12-6-4-10-18(20)16-19-11-5-7-13-21(19)22;1-2-7-15(8-3-1)13-14-17-11-6-10-16-9-4-5-12-18(16)17;2*1-2/h1-16H;1-5,7-10,12-14H,6,11H2;2*1-2H3/b15-14+;14-13+;;. The van der Waals surface area contributed by atoms with Gasteiger partial charge in [0.1, 0.15) is 0 Å². The molecule has 1 aliphatic rings. The predicted octanol–water partition coefficient (Wildman–Crippen LogP) is 11.3. The number of fused-ring (bicyclic) bond motifs is 3. The second-order valence-corrected chi connectivity index (χ2v) is 10.1. The number of hydrogen-bond acceptors (Lipinski definition) is 0. The van der Waals surface area contributed by atoms with Crippen molar-refractivity contribution in [1.82, 2.24) is 0 Å². The van der Waals surface area contributed by atoms with Crippen molar-refractivity contribution in [3.63, 3.8) is 0 Å². The first-order valence-corrected chi connectivity index (χ1v) is 16.0. The van der Waals surface area contributed by atoms with E-state index in [2.05, 4.69) is 164 Å². The Bertz CT molecular complexity index is 1870. The zero-order valence-electron chi connectivity index (χ0n) is 26.6. The molecule has 1 aliphatic carbocycles. The fourth-order valence-corrected chi connectivity index (χ4v) is 5.39. The van der Waals surface area contributed by atoms with Crippen LogP contribution in [0.4, 0.5) is 0 Å². The van der Waals surface area contributed by atoms with Crippen LogP contribution in [0.1, 0.15) is 57.2 Å². The molecule has 0 radical (unpaired) electrons. The largest absolute Gasteiger partial charge is 0.0763 e. The van der Waals surface area contributed by atoms with Crippen LogP contribution in [0.5, 0.6) is 0 Å². The minimum Gasteiger partial charge on any atom is -0.0763 e. The van der Waals surface area contributed by atoms with Crippen molar-refractivity contribution in [3.8, 4) is 0 Å². The Kier molecular flexibility index (Phi) is 12.5. The van der Waals surface area contributed by atoms with E-state index in [1.807, 2.05) is 33.8 Å². The Morgan fingerprint density at radius 2 is 0.932 bits per heavy atom. The van der Waals surface area contributed by atoms with Crippen molar-refractivity contribution < 1.29 is 0 Å². The third kappa shape index (κ3) is 8.33. The Balaban J connectivity index is 0.000000184. The Labute approximate surface area is 264 Å². The molecule has 44 heavy (non-hydrogen) atoms. The summed E-state index contributed by atoms with van der Waals surface area (Å²) in [5.41, 5.74) is 5.21. The Morgan fingerprint density at radius 3 is 1.52 bits per heavy atom. The molecule has 0 aliphatic heterocycles. The monoisotopic (exact) mass is 572 g/mol. The van der Waals surface area contributed by atoms with E-state index in [1.165, 1.54) is 54.2 Å². The molecule has 0 heterocycles. The van der Waals surface area contributed by atoms with Gasteiger partial charge in [-0.1, -0.05) is 192 Å². The van der Waals surface area contributed by atoms with E-state index in [9.17, 15) is 0 Å². The van der Waals surface area contributed by atoms with Crippen LogP contribution in [0.15, 0.2) is 146 Å². The van der Waals surface area contributed by atoms with Crippen LogP contribution in [0.2, 0.25) is 0 Å². The molecule has 0 saturated carbocycles. The lowest BCUT2D eigenvalue weighted by Crippen LogP contribution is -2.28. The van der Waals surface area contributed by atoms with Gasteiger partial charge in [0, 0.05) is 0 Å². The molecule has 0 unspecified atom stereocenters. The molecule has 7 rings (SSSR count). The molecule has 0 spiro atoms. The lowest BCUT2D eigenvalue weighted by molar-refractivity contribution is 1.09. The topological polar surface area (TPSA) is 0 Å². The SMILES string of the molecule is C(=C\c1c2ccccc2cc2ccccc12)/c1ccccc1.C1=c2ccccc2=C(/C=C/c2ccccc2)CC1.CC.CC. The predicted molar refractivity (Wildman–Crippen MR) is 198 cm³/mol. The quantitative estimate of drug-likeness (QED) is 0.146. The third-order valence-electron chi connectivity index (χ3n) is 7.42. The van der Waals surface area contributed by atoms with E-state index in [4.69, 9.17) is 0 Å². The van der Waals surface area contributed by atoms with E-state index >= 15 is 0 Å². The van der Waals surface area contributed by atoms with Crippen molar-refractivity contribution in [1.29, 1.82) is 0 Å². The highest BCUT2D eigenvalue weighted by atomic mass is 14.1. The van der Waals surface area contributed by atoms with E-state index < -0.39 is 0 Å². The fraction of sp³-hybridized carbons (Fsp3) is 0.136. The first kappa shape index (κ1) is 32.0. The molecule has 0 N–H and O–H groups in total. The Hall–Kier alpha value is -4.94. The maximum atomic E-state index is 2.33. The lowest BCUT2D eigenvalue weighted by Gasteiger charge is -2.08. The summed E-state index contributed by atoms with van der Waals surface area (Å²) in [6.07, 6.45) is 13.5. The lowest BCUT2D eigenvalue weighted by atomic mass is 9.96. The van der Waals surface area contributed by atoms with Gasteiger partial charge in [0.05, 0.1) is 0 Å². The Morgan fingerprint density at radius 1 is 0.455 bits per heavy atom. The molecule has 6 aromatic carbocycles. The van der Waals surface area contributed by atoms with Crippen LogP contribution in [0.3, 0.4) is 0 Å². The molecule has 0 amide bonds. The van der Waals surface area contributed by atoms with E-state index in [1.54, 1.807) is 0 Å². The average molecular weight is 573 g/mol. The van der Waals surface area contributed by atoms with Crippen LogP contribution in [-0.2, 0) is 0 Å². The first-order chi connectivity index (χ1) is 21.8. The number of rotatable bonds is 4. The molecule has 0 aromatic heterocycles. The number of allylic oxidation sites excluding steroid dienone is 1. The summed E-state index contributed by atoms with van der Waals surface area (Å²) in [7, 11) is 0. The van der Waals surface area contributed by atoms with Gasteiger partial charge in [0.2, 0.25) is 0 Å². The zero-order valence-corrected chi connectivity index (χ0v) is 26.6. The molecular weight excluding hydrogens is 528 g/mol. The molecule has 0 atom stereocenters. The van der Waals surface area contributed by atoms with Gasteiger partial charge >= 0.3 is 0 Å². The normalized spacial score (nSPS) is 11.9. The summed E-state index contributed by atoms with van der Waals surface area (Å²) >= 11 is 0. The maximum absolute atomic E-state index is 2.33. The van der Waals surface area contributed by atoms with Gasteiger partial charge in [-0.2, -0.15) is 0 Å².